The van der Waals surface area contributed by atoms with Crippen LogP contribution in [-0.4, -0.2) is 60.5 Å². The van der Waals surface area contributed by atoms with Gasteiger partial charge in [0.25, 0.3) is 0 Å². The maximum Gasteiger partial charge on any atom is 0.227 e. The second kappa shape index (κ2) is 7.24. The lowest BCUT2D eigenvalue weighted by Crippen LogP contribution is -2.48. The Bertz CT molecular complexity index is 471. The summed E-state index contributed by atoms with van der Waals surface area (Å²) in [6.07, 6.45) is 4.15. The molecule has 1 fully saturated rings. The maximum absolute atomic E-state index is 11.4. The molecule has 21 heavy (non-hydrogen) atoms. The Morgan fingerprint density at radius 2 is 2.05 bits per heavy atom. The zero-order chi connectivity index (χ0) is 15.2. The van der Waals surface area contributed by atoms with Crippen molar-refractivity contribution in [1.29, 1.82) is 0 Å². The molecule has 0 spiro atoms. The molecular weight excluding hydrogens is 266 g/mol. The van der Waals surface area contributed by atoms with Gasteiger partial charge in [0.15, 0.2) is 0 Å². The minimum Gasteiger partial charge on any atom is -0.360 e. The quantitative estimate of drug-likeness (QED) is 0.820. The van der Waals surface area contributed by atoms with Crippen LogP contribution in [0, 0.1) is 0 Å². The van der Waals surface area contributed by atoms with Gasteiger partial charge in [0.05, 0.1) is 0 Å². The number of carbonyl (C=O) groups excluding carboxylic acids is 1. The van der Waals surface area contributed by atoms with Crippen LogP contribution in [0.4, 0.5) is 11.8 Å². The third kappa shape index (κ3) is 4.06. The predicted octanol–water partition coefficient (Wildman–Crippen LogP) is 1.38. The topological polar surface area (TPSA) is 52.6 Å². The number of nitrogens with zero attached hydrogens (tertiary/aromatic N) is 5. The van der Waals surface area contributed by atoms with Crippen LogP contribution in [0.25, 0.3) is 0 Å². The van der Waals surface area contributed by atoms with Crippen molar-refractivity contribution >= 4 is 17.7 Å². The van der Waals surface area contributed by atoms with Crippen molar-refractivity contribution in [3.05, 3.63) is 12.3 Å². The Morgan fingerprint density at radius 3 is 2.67 bits per heavy atom. The number of piperazine rings is 1. The summed E-state index contributed by atoms with van der Waals surface area (Å²) >= 11 is 0. The molecule has 1 amide bonds. The summed E-state index contributed by atoms with van der Waals surface area (Å²) in [4.78, 5) is 26.6. The molecule has 1 saturated heterocycles. The first-order chi connectivity index (χ1) is 10.1. The summed E-state index contributed by atoms with van der Waals surface area (Å²) in [5.41, 5.74) is 0. The van der Waals surface area contributed by atoms with Gasteiger partial charge in [-0.15, -0.1) is 0 Å². The highest BCUT2D eigenvalue weighted by Gasteiger charge is 2.20. The molecule has 0 N–H and O–H groups in total. The summed E-state index contributed by atoms with van der Waals surface area (Å²) < 4.78 is 0. The Morgan fingerprint density at radius 1 is 1.33 bits per heavy atom. The van der Waals surface area contributed by atoms with Crippen molar-refractivity contribution in [2.45, 2.75) is 26.7 Å². The van der Waals surface area contributed by atoms with E-state index in [0.717, 1.165) is 50.9 Å². The van der Waals surface area contributed by atoms with Crippen molar-refractivity contribution in [2.24, 2.45) is 0 Å². The van der Waals surface area contributed by atoms with E-state index in [1.165, 1.54) is 6.42 Å². The van der Waals surface area contributed by atoms with E-state index in [1.54, 1.807) is 6.92 Å². The van der Waals surface area contributed by atoms with Gasteiger partial charge in [-0.25, -0.2) is 4.98 Å². The van der Waals surface area contributed by atoms with E-state index in [0.29, 0.717) is 0 Å². The second-order valence-corrected chi connectivity index (χ2v) is 5.48. The summed E-state index contributed by atoms with van der Waals surface area (Å²) in [6, 6.07) is 1.95. The fraction of sp³-hybridized carbons (Fsp3) is 0.667. The lowest BCUT2D eigenvalue weighted by Gasteiger charge is -2.34. The largest absolute Gasteiger partial charge is 0.360 e. The van der Waals surface area contributed by atoms with Crippen LogP contribution in [0.5, 0.6) is 0 Å². The van der Waals surface area contributed by atoms with E-state index < -0.39 is 0 Å². The molecular formula is C15H25N5O. The van der Waals surface area contributed by atoms with Gasteiger partial charge in [-0.05, 0) is 12.5 Å². The van der Waals surface area contributed by atoms with Crippen LogP contribution in [0.3, 0.4) is 0 Å². The average molecular weight is 291 g/mol. The highest BCUT2D eigenvalue weighted by Crippen LogP contribution is 2.16. The van der Waals surface area contributed by atoms with E-state index in [9.17, 15) is 4.79 Å². The van der Waals surface area contributed by atoms with E-state index in [-0.39, 0.29) is 5.91 Å². The fourth-order valence-electron chi connectivity index (χ4n) is 2.44. The van der Waals surface area contributed by atoms with Crippen molar-refractivity contribution < 1.29 is 4.79 Å². The molecule has 0 aromatic carbocycles. The number of unbranched alkanes of at least 4 members (excludes halogenated alkanes) is 1. The van der Waals surface area contributed by atoms with Gasteiger partial charge in [-0.2, -0.15) is 4.98 Å². The van der Waals surface area contributed by atoms with Crippen molar-refractivity contribution in [1.82, 2.24) is 14.9 Å². The third-order valence-corrected chi connectivity index (χ3v) is 3.87. The van der Waals surface area contributed by atoms with Crippen LogP contribution in [0.1, 0.15) is 26.7 Å². The molecule has 6 heteroatoms. The van der Waals surface area contributed by atoms with E-state index >= 15 is 0 Å². The Labute approximate surface area is 126 Å². The van der Waals surface area contributed by atoms with E-state index in [4.69, 9.17) is 0 Å². The number of anilines is 2. The Hall–Kier alpha value is -1.85. The van der Waals surface area contributed by atoms with E-state index in [2.05, 4.69) is 33.7 Å². The number of amides is 1. The predicted molar refractivity (Wildman–Crippen MR) is 84.7 cm³/mol. The van der Waals surface area contributed by atoms with Crippen LogP contribution in [-0.2, 0) is 4.79 Å². The summed E-state index contributed by atoms with van der Waals surface area (Å²) in [5, 5.41) is 0. The smallest absolute Gasteiger partial charge is 0.227 e. The molecule has 1 aromatic rings. The highest BCUT2D eigenvalue weighted by atomic mass is 16.2. The SMILES string of the molecule is CCCCN(C)c1ccnc(N2CCN(C(C)=O)CC2)n1. The molecule has 0 bridgehead atoms. The van der Waals surface area contributed by atoms with Crippen LogP contribution in [0.2, 0.25) is 0 Å². The van der Waals surface area contributed by atoms with Crippen LogP contribution < -0.4 is 9.80 Å². The molecule has 0 radical (unpaired) electrons. The Kier molecular flexibility index (Phi) is 5.36. The average Bonchev–Trinajstić information content (AvgIpc) is 2.52. The lowest BCUT2D eigenvalue weighted by atomic mass is 10.3. The number of rotatable bonds is 5. The van der Waals surface area contributed by atoms with Crippen LogP contribution in [0.15, 0.2) is 12.3 Å². The molecule has 0 aliphatic carbocycles. The number of hydrogen-bond acceptors (Lipinski definition) is 5. The molecule has 0 atom stereocenters. The van der Waals surface area contributed by atoms with Gasteiger partial charge in [-0.1, -0.05) is 13.3 Å². The second-order valence-electron chi connectivity index (χ2n) is 5.48. The van der Waals surface area contributed by atoms with Gasteiger partial charge >= 0.3 is 0 Å². The number of carbonyl (C=O) groups is 1. The minimum absolute atomic E-state index is 0.142. The van der Waals surface area contributed by atoms with Gasteiger partial charge in [0.1, 0.15) is 5.82 Å². The molecule has 0 saturated carbocycles. The normalized spacial score (nSPS) is 15.2. The molecule has 2 heterocycles. The first-order valence-electron chi connectivity index (χ1n) is 7.66. The number of hydrogen-bond donors (Lipinski definition) is 0. The molecule has 1 aliphatic rings. The van der Waals surface area contributed by atoms with Gasteiger partial charge in [-0.3, -0.25) is 4.79 Å². The monoisotopic (exact) mass is 291 g/mol. The molecule has 6 nitrogen and oxygen atoms in total. The van der Waals surface area contributed by atoms with Crippen LogP contribution >= 0.6 is 0 Å². The summed E-state index contributed by atoms with van der Waals surface area (Å²) in [5.74, 6) is 1.87. The van der Waals surface area contributed by atoms with Crippen molar-refractivity contribution in [3.8, 4) is 0 Å². The molecule has 0 unspecified atom stereocenters. The van der Waals surface area contributed by atoms with E-state index in [1.807, 2.05) is 17.2 Å². The zero-order valence-corrected chi connectivity index (χ0v) is 13.2. The summed E-state index contributed by atoms with van der Waals surface area (Å²) in [6.45, 7) is 7.89. The zero-order valence-electron chi connectivity index (χ0n) is 13.2. The maximum atomic E-state index is 11.4. The molecule has 1 aliphatic heterocycles. The van der Waals surface area contributed by atoms with Gasteiger partial charge in [0.2, 0.25) is 11.9 Å². The Balaban J connectivity index is 1.99. The standard InChI is InChI=1S/C15H25N5O/c1-4-5-8-18(3)14-6-7-16-15(17-14)20-11-9-19(10-12-20)13(2)21/h6-7H,4-5,8-12H2,1-3H3. The summed E-state index contributed by atoms with van der Waals surface area (Å²) in [7, 11) is 2.06. The first kappa shape index (κ1) is 15.5. The minimum atomic E-state index is 0.142. The molecule has 1 aromatic heterocycles. The van der Waals surface area contributed by atoms with Gasteiger partial charge in [0, 0.05) is 52.9 Å². The lowest BCUT2D eigenvalue weighted by molar-refractivity contribution is -0.129. The molecule has 2 rings (SSSR count). The van der Waals surface area contributed by atoms with Crippen molar-refractivity contribution in [2.75, 3.05) is 49.6 Å². The fourth-order valence-corrected chi connectivity index (χ4v) is 2.44. The molecule has 116 valence electrons. The van der Waals surface area contributed by atoms with Crippen molar-refractivity contribution in [3.63, 3.8) is 0 Å². The van der Waals surface area contributed by atoms with Gasteiger partial charge < -0.3 is 14.7 Å². The number of aromatic nitrogens is 2. The highest BCUT2D eigenvalue weighted by molar-refractivity contribution is 5.73. The first-order valence-corrected chi connectivity index (χ1v) is 7.66. The third-order valence-electron chi connectivity index (χ3n) is 3.87.